The predicted molar refractivity (Wildman–Crippen MR) is 100 cm³/mol. The normalized spacial score (nSPS) is 12.4. The predicted octanol–water partition coefficient (Wildman–Crippen LogP) is 3.11. The Hall–Kier alpha value is -2.34. The van der Waals surface area contributed by atoms with Gasteiger partial charge in [-0.3, -0.25) is 9.69 Å². The number of aryl methyl sites for hydroxylation is 1. The number of aromatic nitrogens is 2. The molecule has 0 spiro atoms. The van der Waals surface area contributed by atoms with Crippen molar-refractivity contribution in [2.24, 2.45) is 0 Å². The van der Waals surface area contributed by atoms with Gasteiger partial charge in [0, 0.05) is 18.7 Å². The SMILES string of the molecule is Cc1ccccc1OCCN(C)C(C)C(=O)Nc1ccnn1C(C)C. The Bertz CT molecular complexity index is 696. The zero-order valence-corrected chi connectivity index (χ0v) is 15.7. The van der Waals surface area contributed by atoms with E-state index >= 15 is 0 Å². The van der Waals surface area contributed by atoms with Crippen LogP contribution in [0.1, 0.15) is 32.4 Å². The summed E-state index contributed by atoms with van der Waals surface area (Å²) in [5, 5.41) is 7.18. The Balaban J connectivity index is 1.84. The lowest BCUT2D eigenvalue weighted by Crippen LogP contribution is -2.41. The Morgan fingerprint density at radius 2 is 2.00 bits per heavy atom. The molecular weight excluding hydrogens is 316 g/mol. The van der Waals surface area contributed by atoms with Gasteiger partial charge in [0.1, 0.15) is 18.2 Å². The highest BCUT2D eigenvalue weighted by atomic mass is 16.5. The van der Waals surface area contributed by atoms with E-state index in [-0.39, 0.29) is 18.0 Å². The molecule has 1 N–H and O–H groups in total. The molecule has 6 nitrogen and oxygen atoms in total. The molecule has 0 saturated heterocycles. The molecule has 1 atom stereocenters. The summed E-state index contributed by atoms with van der Waals surface area (Å²) in [6.45, 7) is 9.16. The van der Waals surface area contributed by atoms with Crippen LogP contribution in [-0.2, 0) is 4.79 Å². The van der Waals surface area contributed by atoms with E-state index in [2.05, 4.69) is 10.4 Å². The number of ether oxygens (including phenoxy) is 1. The zero-order valence-electron chi connectivity index (χ0n) is 15.7. The van der Waals surface area contributed by atoms with Crippen molar-refractivity contribution < 1.29 is 9.53 Å². The van der Waals surface area contributed by atoms with Crippen LogP contribution >= 0.6 is 0 Å². The molecule has 0 radical (unpaired) electrons. The fourth-order valence-electron chi connectivity index (χ4n) is 2.47. The summed E-state index contributed by atoms with van der Waals surface area (Å²) in [5.74, 6) is 1.55. The standard InChI is InChI=1S/C19H28N4O2/c1-14(2)23-18(10-11-20-23)21-19(24)16(4)22(5)12-13-25-17-9-7-6-8-15(17)3/h6-11,14,16H,12-13H2,1-5H3,(H,21,24). The van der Waals surface area contributed by atoms with Crippen molar-refractivity contribution in [3.8, 4) is 5.75 Å². The van der Waals surface area contributed by atoms with E-state index in [9.17, 15) is 4.79 Å². The monoisotopic (exact) mass is 344 g/mol. The Morgan fingerprint density at radius 3 is 2.68 bits per heavy atom. The van der Waals surface area contributed by atoms with Gasteiger partial charge in [0.2, 0.25) is 5.91 Å². The number of para-hydroxylation sites is 1. The first kappa shape index (κ1) is 19.0. The Morgan fingerprint density at radius 1 is 1.28 bits per heavy atom. The molecule has 6 heteroatoms. The molecular formula is C19H28N4O2. The summed E-state index contributed by atoms with van der Waals surface area (Å²) in [7, 11) is 1.92. The van der Waals surface area contributed by atoms with Crippen LogP contribution in [0.4, 0.5) is 5.82 Å². The Labute approximate surface area is 149 Å². The van der Waals surface area contributed by atoms with Gasteiger partial charge in [0.25, 0.3) is 0 Å². The van der Waals surface area contributed by atoms with Crippen molar-refractivity contribution in [2.75, 3.05) is 25.5 Å². The van der Waals surface area contributed by atoms with Crippen LogP contribution in [0.25, 0.3) is 0 Å². The second-order valence-electron chi connectivity index (χ2n) is 6.51. The third kappa shape index (κ3) is 5.06. The quantitative estimate of drug-likeness (QED) is 0.799. The molecule has 0 bridgehead atoms. The van der Waals surface area contributed by atoms with Crippen LogP contribution in [0.3, 0.4) is 0 Å². The maximum absolute atomic E-state index is 12.5. The lowest BCUT2D eigenvalue weighted by molar-refractivity contribution is -0.120. The van der Waals surface area contributed by atoms with Crippen molar-refractivity contribution >= 4 is 11.7 Å². The van der Waals surface area contributed by atoms with Gasteiger partial charge in [-0.2, -0.15) is 5.10 Å². The van der Waals surface area contributed by atoms with Crippen molar-refractivity contribution in [1.29, 1.82) is 0 Å². The summed E-state index contributed by atoms with van der Waals surface area (Å²) in [4.78, 5) is 14.5. The van der Waals surface area contributed by atoms with E-state index in [0.29, 0.717) is 13.2 Å². The highest BCUT2D eigenvalue weighted by Gasteiger charge is 2.19. The molecule has 0 aliphatic rings. The Kier molecular flexibility index (Phi) is 6.58. The summed E-state index contributed by atoms with van der Waals surface area (Å²) >= 11 is 0. The van der Waals surface area contributed by atoms with Gasteiger partial charge in [0.05, 0.1) is 12.2 Å². The summed E-state index contributed by atoms with van der Waals surface area (Å²) in [5.41, 5.74) is 1.11. The first-order valence-electron chi connectivity index (χ1n) is 8.63. The van der Waals surface area contributed by atoms with Gasteiger partial charge >= 0.3 is 0 Å². The molecule has 1 unspecified atom stereocenters. The van der Waals surface area contributed by atoms with E-state index < -0.39 is 0 Å². The molecule has 0 saturated carbocycles. The largest absolute Gasteiger partial charge is 0.492 e. The van der Waals surface area contributed by atoms with Gasteiger partial charge in [-0.05, 0) is 46.4 Å². The molecule has 1 heterocycles. The van der Waals surface area contributed by atoms with E-state index in [1.807, 2.05) is 70.0 Å². The lowest BCUT2D eigenvalue weighted by Gasteiger charge is -2.24. The molecule has 1 aromatic heterocycles. The second kappa shape index (κ2) is 8.67. The van der Waals surface area contributed by atoms with Gasteiger partial charge in [-0.15, -0.1) is 0 Å². The average molecular weight is 344 g/mol. The molecule has 25 heavy (non-hydrogen) atoms. The summed E-state index contributed by atoms with van der Waals surface area (Å²) in [6.07, 6.45) is 1.69. The molecule has 2 aromatic rings. The van der Waals surface area contributed by atoms with E-state index in [0.717, 1.165) is 17.1 Å². The van der Waals surface area contributed by atoms with Crippen LogP contribution in [-0.4, -0.2) is 46.8 Å². The topological polar surface area (TPSA) is 59.4 Å². The molecule has 0 fully saturated rings. The van der Waals surface area contributed by atoms with Crippen LogP contribution in [0.5, 0.6) is 5.75 Å². The number of hydrogen-bond donors (Lipinski definition) is 1. The van der Waals surface area contributed by atoms with E-state index in [1.54, 1.807) is 10.9 Å². The third-order valence-corrected chi connectivity index (χ3v) is 4.25. The first-order chi connectivity index (χ1) is 11.9. The molecule has 0 aliphatic heterocycles. The first-order valence-corrected chi connectivity index (χ1v) is 8.63. The number of carbonyl (C=O) groups excluding carboxylic acids is 1. The van der Waals surface area contributed by atoms with Crippen LogP contribution in [0.2, 0.25) is 0 Å². The fourth-order valence-corrected chi connectivity index (χ4v) is 2.47. The van der Waals surface area contributed by atoms with E-state index in [4.69, 9.17) is 4.74 Å². The number of carbonyl (C=O) groups is 1. The smallest absolute Gasteiger partial charge is 0.242 e. The van der Waals surface area contributed by atoms with Crippen molar-refractivity contribution in [2.45, 2.75) is 39.8 Å². The number of anilines is 1. The number of benzene rings is 1. The number of nitrogens with one attached hydrogen (secondary N) is 1. The van der Waals surface area contributed by atoms with Crippen molar-refractivity contribution in [1.82, 2.24) is 14.7 Å². The lowest BCUT2D eigenvalue weighted by atomic mass is 10.2. The number of hydrogen-bond acceptors (Lipinski definition) is 4. The number of likely N-dealkylation sites (N-methyl/N-ethyl adjacent to an activating group) is 1. The highest BCUT2D eigenvalue weighted by Crippen LogP contribution is 2.16. The van der Waals surface area contributed by atoms with Crippen LogP contribution in [0, 0.1) is 6.92 Å². The number of nitrogens with zero attached hydrogens (tertiary/aromatic N) is 3. The molecule has 0 aliphatic carbocycles. The number of rotatable bonds is 8. The van der Waals surface area contributed by atoms with Gasteiger partial charge in [-0.25, -0.2) is 4.68 Å². The van der Waals surface area contributed by atoms with Gasteiger partial charge in [-0.1, -0.05) is 18.2 Å². The zero-order chi connectivity index (χ0) is 18.4. The van der Waals surface area contributed by atoms with Crippen LogP contribution < -0.4 is 10.1 Å². The maximum atomic E-state index is 12.5. The minimum Gasteiger partial charge on any atom is -0.492 e. The minimum absolute atomic E-state index is 0.0548. The molecule has 1 amide bonds. The molecule has 136 valence electrons. The van der Waals surface area contributed by atoms with Gasteiger partial charge in [0.15, 0.2) is 0 Å². The average Bonchev–Trinajstić information content (AvgIpc) is 3.04. The number of amides is 1. The van der Waals surface area contributed by atoms with E-state index in [1.165, 1.54) is 0 Å². The van der Waals surface area contributed by atoms with Gasteiger partial charge < -0.3 is 10.1 Å². The third-order valence-electron chi connectivity index (χ3n) is 4.25. The maximum Gasteiger partial charge on any atom is 0.242 e. The minimum atomic E-state index is -0.268. The summed E-state index contributed by atoms with van der Waals surface area (Å²) in [6, 6.07) is 9.66. The second-order valence-corrected chi connectivity index (χ2v) is 6.51. The summed E-state index contributed by atoms with van der Waals surface area (Å²) < 4.78 is 7.60. The molecule has 1 aromatic carbocycles. The van der Waals surface area contributed by atoms with Crippen molar-refractivity contribution in [3.05, 3.63) is 42.1 Å². The fraction of sp³-hybridized carbons (Fsp3) is 0.474. The highest BCUT2D eigenvalue weighted by molar-refractivity contribution is 5.93. The molecule has 2 rings (SSSR count). The van der Waals surface area contributed by atoms with Crippen LogP contribution in [0.15, 0.2) is 36.5 Å². The van der Waals surface area contributed by atoms with Crippen molar-refractivity contribution in [3.63, 3.8) is 0 Å².